The van der Waals surface area contributed by atoms with Crippen LogP contribution in [0.3, 0.4) is 0 Å². The molecular formula is C8H9N3O3. The number of rotatable bonds is 2. The normalized spacial score (nSPS) is 9.57. The van der Waals surface area contributed by atoms with E-state index in [1.165, 1.54) is 13.2 Å². The minimum atomic E-state index is -0.669. The lowest BCUT2D eigenvalue weighted by Gasteiger charge is -2.03. The van der Waals surface area contributed by atoms with E-state index >= 15 is 0 Å². The van der Waals surface area contributed by atoms with Crippen molar-refractivity contribution in [1.29, 1.82) is 0 Å². The van der Waals surface area contributed by atoms with Gasteiger partial charge in [0.25, 0.3) is 5.91 Å². The molecule has 0 aliphatic carbocycles. The molecule has 0 aliphatic heterocycles. The zero-order valence-electron chi connectivity index (χ0n) is 7.77. The van der Waals surface area contributed by atoms with Gasteiger partial charge in [-0.25, -0.2) is 0 Å². The molecule has 0 saturated heterocycles. The lowest BCUT2D eigenvalue weighted by molar-refractivity contribution is -0.389. The first kappa shape index (κ1) is 10.1. The Bertz CT molecular complexity index is 389. The van der Waals surface area contributed by atoms with Gasteiger partial charge >= 0.3 is 5.82 Å². The van der Waals surface area contributed by atoms with E-state index < -0.39 is 16.6 Å². The van der Waals surface area contributed by atoms with Crippen molar-refractivity contribution in [2.45, 2.75) is 6.92 Å². The molecule has 1 amide bonds. The van der Waals surface area contributed by atoms with E-state index in [1.807, 2.05) is 0 Å². The van der Waals surface area contributed by atoms with Gasteiger partial charge in [0.15, 0.2) is 0 Å². The maximum absolute atomic E-state index is 11.3. The molecule has 1 aromatic rings. The Morgan fingerprint density at radius 1 is 1.64 bits per heavy atom. The highest BCUT2D eigenvalue weighted by Crippen LogP contribution is 2.18. The Morgan fingerprint density at radius 3 is 2.79 bits per heavy atom. The molecule has 0 saturated carbocycles. The highest BCUT2D eigenvalue weighted by molar-refractivity contribution is 5.98. The van der Waals surface area contributed by atoms with Crippen molar-refractivity contribution < 1.29 is 9.72 Å². The summed E-state index contributed by atoms with van der Waals surface area (Å²) < 4.78 is 0. The summed E-state index contributed by atoms with van der Waals surface area (Å²) in [7, 11) is 1.42. The maximum atomic E-state index is 11.3. The van der Waals surface area contributed by atoms with E-state index in [9.17, 15) is 14.9 Å². The summed E-state index contributed by atoms with van der Waals surface area (Å²) in [5.41, 5.74) is 0.547. The molecule has 0 spiro atoms. The molecule has 14 heavy (non-hydrogen) atoms. The van der Waals surface area contributed by atoms with Gasteiger partial charge in [0, 0.05) is 7.05 Å². The average molecular weight is 195 g/mol. The van der Waals surface area contributed by atoms with Gasteiger partial charge in [-0.1, -0.05) is 0 Å². The number of nitrogens with one attached hydrogen (secondary N) is 1. The molecule has 0 fully saturated rings. The van der Waals surface area contributed by atoms with Gasteiger partial charge in [-0.2, -0.15) is 0 Å². The smallest absolute Gasteiger partial charge is 0.358 e. The Kier molecular flexibility index (Phi) is 2.76. The standard InChI is InChI=1S/C8H9N3O3/c1-5-3-4-10-7(11(13)14)6(5)8(12)9-2/h3-4H,1-2H3,(H,9,12). The number of hydrogen-bond acceptors (Lipinski definition) is 4. The van der Waals surface area contributed by atoms with Crippen molar-refractivity contribution in [2.75, 3.05) is 7.05 Å². The largest absolute Gasteiger partial charge is 0.376 e. The van der Waals surface area contributed by atoms with Gasteiger partial charge in [-0.15, -0.1) is 0 Å². The lowest BCUT2D eigenvalue weighted by atomic mass is 10.1. The first-order valence-electron chi connectivity index (χ1n) is 3.90. The van der Waals surface area contributed by atoms with Gasteiger partial charge in [0.2, 0.25) is 0 Å². The molecule has 1 N–H and O–H groups in total. The molecule has 6 nitrogen and oxygen atoms in total. The molecule has 0 aromatic carbocycles. The Morgan fingerprint density at radius 2 is 2.29 bits per heavy atom. The van der Waals surface area contributed by atoms with Crippen molar-refractivity contribution >= 4 is 11.7 Å². The first-order chi connectivity index (χ1) is 6.57. The summed E-state index contributed by atoms with van der Waals surface area (Å²) in [5.74, 6) is -0.911. The van der Waals surface area contributed by atoms with Gasteiger partial charge in [-0.05, 0) is 28.5 Å². The third-order valence-corrected chi connectivity index (χ3v) is 1.77. The number of aryl methyl sites for hydroxylation is 1. The fraction of sp³-hybridized carbons (Fsp3) is 0.250. The summed E-state index contributed by atoms with van der Waals surface area (Å²) in [4.78, 5) is 24.7. The summed E-state index contributed by atoms with van der Waals surface area (Å²) in [6.45, 7) is 1.62. The summed E-state index contributed by atoms with van der Waals surface area (Å²) in [6, 6.07) is 1.55. The van der Waals surface area contributed by atoms with Crippen LogP contribution in [0.5, 0.6) is 0 Å². The van der Waals surface area contributed by atoms with Crippen LogP contribution >= 0.6 is 0 Å². The minimum absolute atomic E-state index is 0.0139. The number of aromatic nitrogens is 1. The number of nitro groups is 1. The monoisotopic (exact) mass is 195 g/mol. The third-order valence-electron chi connectivity index (χ3n) is 1.77. The SMILES string of the molecule is CNC(=O)c1c(C)ccnc1[N+](=O)[O-]. The zero-order chi connectivity index (χ0) is 10.7. The number of carbonyl (C=O) groups excluding carboxylic acids is 1. The molecule has 6 heteroatoms. The maximum Gasteiger partial charge on any atom is 0.376 e. The Hall–Kier alpha value is -1.98. The van der Waals surface area contributed by atoms with Crippen molar-refractivity contribution in [1.82, 2.24) is 10.3 Å². The highest BCUT2D eigenvalue weighted by atomic mass is 16.6. The molecule has 0 atom stereocenters. The van der Waals surface area contributed by atoms with E-state index in [1.54, 1.807) is 13.0 Å². The summed E-state index contributed by atoms with van der Waals surface area (Å²) in [5, 5.41) is 12.9. The molecule has 0 aliphatic rings. The minimum Gasteiger partial charge on any atom is -0.358 e. The number of hydrogen-bond donors (Lipinski definition) is 1. The van der Waals surface area contributed by atoms with Crippen LogP contribution in [-0.4, -0.2) is 22.9 Å². The highest BCUT2D eigenvalue weighted by Gasteiger charge is 2.22. The van der Waals surface area contributed by atoms with E-state index in [2.05, 4.69) is 10.3 Å². The Balaban J connectivity index is 3.36. The molecule has 1 rings (SSSR count). The number of nitrogens with zero attached hydrogens (tertiary/aromatic N) is 2. The summed E-state index contributed by atoms with van der Waals surface area (Å²) >= 11 is 0. The van der Waals surface area contributed by atoms with Crippen LogP contribution in [0, 0.1) is 17.0 Å². The van der Waals surface area contributed by atoms with Crippen LogP contribution in [0.1, 0.15) is 15.9 Å². The molecule has 0 radical (unpaired) electrons. The first-order valence-corrected chi connectivity index (χ1v) is 3.90. The van der Waals surface area contributed by atoms with Crippen LogP contribution < -0.4 is 5.32 Å². The number of carbonyl (C=O) groups is 1. The second kappa shape index (κ2) is 3.82. The van der Waals surface area contributed by atoms with E-state index in [0.717, 1.165) is 0 Å². The fourth-order valence-corrected chi connectivity index (χ4v) is 1.09. The zero-order valence-corrected chi connectivity index (χ0v) is 7.77. The number of pyridine rings is 1. The molecular weight excluding hydrogens is 186 g/mol. The predicted molar refractivity (Wildman–Crippen MR) is 49.0 cm³/mol. The molecule has 1 aromatic heterocycles. The van der Waals surface area contributed by atoms with Crippen LogP contribution in [-0.2, 0) is 0 Å². The van der Waals surface area contributed by atoms with Crippen molar-refractivity contribution in [2.24, 2.45) is 0 Å². The predicted octanol–water partition coefficient (Wildman–Crippen LogP) is 0.658. The van der Waals surface area contributed by atoms with Gasteiger partial charge in [0.1, 0.15) is 11.8 Å². The van der Waals surface area contributed by atoms with Crippen molar-refractivity contribution in [3.05, 3.63) is 33.5 Å². The molecule has 0 unspecified atom stereocenters. The van der Waals surface area contributed by atoms with Crippen molar-refractivity contribution in [3.8, 4) is 0 Å². The second-order valence-corrected chi connectivity index (χ2v) is 2.66. The molecule has 74 valence electrons. The van der Waals surface area contributed by atoms with E-state index in [0.29, 0.717) is 5.56 Å². The lowest BCUT2D eigenvalue weighted by Crippen LogP contribution is -2.21. The van der Waals surface area contributed by atoms with Gasteiger partial charge in [-0.3, -0.25) is 4.79 Å². The number of amides is 1. The van der Waals surface area contributed by atoms with E-state index in [-0.39, 0.29) is 5.56 Å². The van der Waals surface area contributed by atoms with Gasteiger partial charge < -0.3 is 15.4 Å². The Labute approximate surface area is 80.1 Å². The van der Waals surface area contributed by atoms with Gasteiger partial charge in [0.05, 0.1) is 0 Å². The van der Waals surface area contributed by atoms with Crippen LogP contribution in [0.2, 0.25) is 0 Å². The summed E-state index contributed by atoms with van der Waals surface area (Å²) in [6.07, 6.45) is 1.31. The van der Waals surface area contributed by atoms with E-state index in [4.69, 9.17) is 0 Å². The molecule has 0 bridgehead atoms. The van der Waals surface area contributed by atoms with Crippen molar-refractivity contribution in [3.63, 3.8) is 0 Å². The third kappa shape index (κ3) is 1.68. The quantitative estimate of drug-likeness (QED) is 0.554. The topological polar surface area (TPSA) is 85.1 Å². The van der Waals surface area contributed by atoms with Crippen LogP contribution in [0.25, 0.3) is 0 Å². The average Bonchev–Trinajstić information content (AvgIpc) is 2.16. The second-order valence-electron chi connectivity index (χ2n) is 2.66. The van der Waals surface area contributed by atoms with Crippen LogP contribution in [0.15, 0.2) is 12.3 Å². The fourth-order valence-electron chi connectivity index (χ4n) is 1.09. The molecule has 1 heterocycles. The van der Waals surface area contributed by atoms with Crippen LogP contribution in [0.4, 0.5) is 5.82 Å².